The number of nitrogens with one attached hydrogen (secondary N) is 1. The van der Waals surface area contributed by atoms with Crippen molar-refractivity contribution in [3.05, 3.63) is 24.0 Å². The van der Waals surface area contributed by atoms with E-state index in [0.29, 0.717) is 13.2 Å². The lowest BCUT2D eigenvalue weighted by molar-refractivity contribution is 0.172. The maximum atomic E-state index is 5.52. The zero-order valence-electron chi connectivity index (χ0n) is 11.1. The minimum atomic E-state index is 0.654. The molecule has 0 aliphatic rings. The summed E-state index contributed by atoms with van der Waals surface area (Å²) in [6.07, 6.45) is 2.64. The summed E-state index contributed by atoms with van der Waals surface area (Å²) >= 11 is 0. The smallest absolute Gasteiger partial charge is 0.137 e. The summed E-state index contributed by atoms with van der Waals surface area (Å²) in [5.74, 6) is 0.798. The highest BCUT2D eigenvalue weighted by Crippen LogP contribution is 2.09. The second-order valence-corrected chi connectivity index (χ2v) is 3.85. The Labute approximate surface area is 108 Å². The van der Waals surface area contributed by atoms with Crippen LogP contribution in [0.2, 0.25) is 0 Å². The van der Waals surface area contributed by atoms with E-state index >= 15 is 0 Å². The first kappa shape index (κ1) is 14.9. The van der Waals surface area contributed by atoms with E-state index in [1.807, 2.05) is 12.1 Å². The minimum Gasteiger partial charge on any atom is -0.492 e. The van der Waals surface area contributed by atoms with Gasteiger partial charge in [0.2, 0.25) is 0 Å². The van der Waals surface area contributed by atoms with Crippen molar-refractivity contribution in [3.63, 3.8) is 0 Å². The number of pyridine rings is 1. The van der Waals surface area contributed by atoms with Gasteiger partial charge in [-0.2, -0.15) is 0 Å². The molecule has 1 heterocycles. The van der Waals surface area contributed by atoms with Crippen LogP contribution in [0, 0.1) is 0 Å². The van der Waals surface area contributed by atoms with Gasteiger partial charge in [-0.25, -0.2) is 0 Å². The molecule has 1 aromatic heterocycles. The summed E-state index contributed by atoms with van der Waals surface area (Å²) in [4.78, 5) is 4.32. The molecule has 0 amide bonds. The maximum Gasteiger partial charge on any atom is 0.137 e. The van der Waals surface area contributed by atoms with Crippen LogP contribution >= 0.6 is 0 Å². The normalized spacial score (nSPS) is 10.6. The van der Waals surface area contributed by atoms with E-state index in [1.165, 1.54) is 0 Å². The molecule has 18 heavy (non-hydrogen) atoms. The Morgan fingerprint density at radius 2 is 1.94 bits per heavy atom. The van der Waals surface area contributed by atoms with Gasteiger partial charge in [-0.05, 0) is 12.1 Å². The van der Waals surface area contributed by atoms with Gasteiger partial charge in [-0.3, -0.25) is 4.98 Å². The number of aromatic nitrogens is 1. The second kappa shape index (κ2) is 9.82. The first-order chi connectivity index (χ1) is 8.86. The summed E-state index contributed by atoms with van der Waals surface area (Å²) < 4.78 is 15.4. The van der Waals surface area contributed by atoms with Crippen LogP contribution in [0.4, 0.5) is 0 Å². The lowest BCUT2D eigenvalue weighted by atomic mass is 10.3. The van der Waals surface area contributed by atoms with Gasteiger partial charge in [0.15, 0.2) is 0 Å². The molecular weight excluding hydrogens is 232 g/mol. The fourth-order valence-corrected chi connectivity index (χ4v) is 1.38. The van der Waals surface area contributed by atoms with Crippen molar-refractivity contribution in [3.8, 4) is 5.75 Å². The Morgan fingerprint density at radius 3 is 2.61 bits per heavy atom. The highest BCUT2D eigenvalue weighted by Gasteiger charge is 1.97. The molecule has 0 aromatic carbocycles. The van der Waals surface area contributed by atoms with Crippen LogP contribution in [0.15, 0.2) is 18.3 Å². The minimum absolute atomic E-state index is 0.654. The van der Waals surface area contributed by atoms with Gasteiger partial charge in [-0.1, -0.05) is 0 Å². The van der Waals surface area contributed by atoms with Gasteiger partial charge >= 0.3 is 0 Å². The largest absolute Gasteiger partial charge is 0.492 e. The van der Waals surface area contributed by atoms with Gasteiger partial charge in [-0.15, -0.1) is 0 Å². The highest BCUT2D eigenvalue weighted by molar-refractivity contribution is 5.19. The van der Waals surface area contributed by atoms with Crippen molar-refractivity contribution in [2.75, 3.05) is 40.6 Å². The van der Waals surface area contributed by atoms with Crippen LogP contribution < -0.4 is 10.1 Å². The van der Waals surface area contributed by atoms with Crippen molar-refractivity contribution in [2.45, 2.75) is 13.0 Å². The molecular formula is C13H22N2O3. The molecule has 0 atom stereocenters. The Morgan fingerprint density at radius 1 is 1.11 bits per heavy atom. The van der Waals surface area contributed by atoms with Crippen LogP contribution in [-0.4, -0.2) is 45.6 Å². The summed E-state index contributed by atoms with van der Waals surface area (Å²) in [7, 11) is 3.38. The molecule has 0 aliphatic heterocycles. The number of hydrogen-bond donors (Lipinski definition) is 1. The molecule has 1 N–H and O–H groups in total. The van der Waals surface area contributed by atoms with E-state index in [0.717, 1.165) is 37.6 Å². The predicted octanol–water partition coefficient (Wildman–Crippen LogP) is 1.23. The Bertz CT molecular complexity index is 273. The molecule has 102 valence electrons. The third-order valence-electron chi connectivity index (χ3n) is 2.35. The molecule has 1 rings (SSSR count). The number of hydrogen-bond acceptors (Lipinski definition) is 5. The van der Waals surface area contributed by atoms with E-state index < -0.39 is 0 Å². The first-order valence-electron chi connectivity index (χ1n) is 6.13. The number of methoxy groups -OCH3 is 2. The van der Waals surface area contributed by atoms with Crippen LogP contribution in [0.25, 0.3) is 0 Å². The van der Waals surface area contributed by atoms with Crippen LogP contribution in [0.3, 0.4) is 0 Å². The molecule has 0 fully saturated rings. The predicted molar refractivity (Wildman–Crippen MR) is 69.8 cm³/mol. The number of ether oxygens (including phenoxy) is 3. The third-order valence-corrected chi connectivity index (χ3v) is 2.35. The van der Waals surface area contributed by atoms with Crippen LogP contribution in [0.5, 0.6) is 5.75 Å². The van der Waals surface area contributed by atoms with Gasteiger partial charge < -0.3 is 19.5 Å². The van der Waals surface area contributed by atoms with Gasteiger partial charge in [0.05, 0.1) is 25.1 Å². The standard InChI is InChI=1S/C13H22N2O3/c1-16-7-3-8-18-13-5-4-12(15-11-13)10-14-6-9-17-2/h4-5,11,14H,3,6-10H2,1-2H3. The maximum absolute atomic E-state index is 5.52. The monoisotopic (exact) mass is 254 g/mol. The van der Waals surface area contributed by atoms with Crippen LogP contribution in [-0.2, 0) is 16.0 Å². The average Bonchev–Trinajstić information content (AvgIpc) is 2.41. The molecule has 0 saturated carbocycles. The lowest BCUT2D eigenvalue weighted by Gasteiger charge is -2.07. The number of rotatable bonds is 10. The highest BCUT2D eigenvalue weighted by atomic mass is 16.5. The van der Waals surface area contributed by atoms with E-state index in [1.54, 1.807) is 20.4 Å². The van der Waals surface area contributed by atoms with Crippen molar-refractivity contribution in [2.24, 2.45) is 0 Å². The van der Waals surface area contributed by atoms with Crippen molar-refractivity contribution in [1.82, 2.24) is 10.3 Å². The van der Waals surface area contributed by atoms with E-state index in [2.05, 4.69) is 10.3 Å². The quantitative estimate of drug-likeness (QED) is 0.637. The van der Waals surface area contributed by atoms with Gasteiger partial charge in [0.1, 0.15) is 5.75 Å². The molecule has 0 unspecified atom stereocenters. The van der Waals surface area contributed by atoms with Crippen molar-refractivity contribution < 1.29 is 14.2 Å². The van der Waals surface area contributed by atoms with E-state index in [9.17, 15) is 0 Å². The second-order valence-electron chi connectivity index (χ2n) is 3.85. The summed E-state index contributed by atoms with van der Waals surface area (Å²) in [5.41, 5.74) is 0.996. The zero-order chi connectivity index (χ0) is 13.1. The molecule has 5 heteroatoms. The van der Waals surface area contributed by atoms with E-state index in [-0.39, 0.29) is 0 Å². The van der Waals surface area contributed by atoms with Gasteiger partial charge in [0.25, 0.3) is 0 Å². The molecule has 5 nitrogen and oxygen atoms in total. The molecule has 1 aromatic rings. The lowest BCUT2D eigenvalue weighted by Crippen LogP contribution is -2.19. The number of nitrogens with zero attached hydrogens (tertiary/aromatic N) is 1. The SMILES string of the molecule is COCCCOc1ccc(CNCCOC)nc1. The molecule has 0 radical (unpaired) electrons. The van der Waals surface area contributed by atoms with Crippen molar-refractivity contribution in [1.29, 1.82) is 0 Å². The Hall–Kier alpha value is -1.17. The average molecular weight is 254 g/mol. The molecule has 0 saturated heterocycles. The van der Waals surface area contributed by atoms with Crippen LogP contribution in [0.1, 0.15) is 12.1 Å². The van der Waals surface area contributed by atoms with Crippen molar-refractivity contribution >= 4 is 0 Å². The molecule has 0 bridgehead atoms. The summed E-state index contributed by atoms with van der Waals surface area (Å²) in [6.45, 7) is 3.65. The zero-order valence-corrected chi connectivity index (χ0v) is 11.1. The fourth-order valence-electron chi connectivity index (χ4n) is 1.38. The Balaban J connectivity index is 2.20. The molecule has 0 aliphatic carbocycles. The topological polar surface area (TPSA) is 52.6 Å². The fraction of sp³-hybridized carbons (Fsp3) is 0.615. The summed E-state index contributed by atoms with van der Waals surface area (Å²) in [6, 6.07) is 3.90. The van der Waals surface area contributed by atoms with Gasteiger partial charge in [0, 0.05) is 40.3 Å². The molecule has 0 spiro atoms. The first-order valence-corrected chi connectivity index (χ1v) is 6.13. The summed E-state index contributed by atoms with van der Waals surface area (Å²) in [5, 5.41) is 3.24. The Kier molecular flexibility index (Phi) is 8.12. The third kappa shape index (κ3) is 6.54. The van der Waals surface area contributed by atoms with E-state index in [4.69, 9.17) is 14.2 Å².